The fourth-order valence-corrected chi connectivity index (χ4v) is 5.08. The maximum Gasteiger partial charge on any atom is 0.0205 e. The summed E-state index contributed by atoms with van der Waals surface area (Å²) in [5.74, 6) is 0.967. The van der Waals surface area contributed by atoms with Crippen LogP contribution in [0.15, 0.2) is 72.9 Å². The van der Waals surface area contributed by atoms with Crippen LogP contribution in [-0.2, 0) is 0 Å². The number of hydrogen-bond acceptors (Lipinski definition) is 1. The van der Waals surface area contributed by atoms with Gasteiger partial charge < -0.3 is 5.32 Å². The third kappa shape index (κ3) is 4.09. The van der Waals surface area contributed by atoms with Crippen molar-refractivity contribution in [2.45, 2.75) is 63.5 Å². The van der Waals surface area contributed by atoms with E-state index in [4.69, 9.17) is 0 Å². The quantitative estimate of drug-likeness (QED) is 0.636. The van der Waals surface area contributed by atoms with Crippen molar-refractivity contribution in [3.8, 4) is 0 Å². The molecule has 0 spiro atoms. The Hall–Kier alpha value is -2.12. The second-order valence-electron chi connectivity index (χ2n) is 9.54. The Balaban J connectivity index is 1.64. The molecule has 1 heterocycles. The van der Waals surface area contributed by atoms with Crippen LogP contribution in [0.4, 0.5) is 0 Å². The molecule has 140 valence electrons. The molecule has 2 aromatic carbocycles. The van der Waals surface area contributed by atoms with Gasteiger partial charge in [-0.2, -0.15) is 0 Å². The van der Waals surface area contributed by atoms with Gasteiger partial charge in [0.2, 0.25) is 0 Å². The summed E-state index contributed by atoms with van der Waals surface area (Å²) in [6.45, 7) is 9.32. The average Bonchev–Trinajstić information content (AvgIpc) is 2.87. The highest BCUT2D eigenvalue weighted by molar-refractivity contribution is 5.84. The van der Waals surface area contributed by atoms with Gasteiger partial charge in [0.05, 0.1) is 0 Å². The highest BCUT2D eigenvalue weighted by atomic mass is 15.0. The summed E-state index contributed by atoms with van der Waals surface area (Å²) in [4.78, 5) is 0. The standard InChI is InChI=1S/C26H31N/c1-25(2)17-24(18-26(3,4)27-25)23-14-13-21-15-20(11-12-22(21)16-23)19-9-7-5-6-8-10-19/h5-16,19,24,27H,17-18H2,1-4H3. The van der Waals surface area contributed by atoms with Crippen LogP contribution in [0.3, 0.4) is 0 Å². The van der Waals surface area contributed by atoms with Gasteiger partial charge in [-0.15, -0.1) is 0 Å². The molecule has 2 aromatic rings. The number of nitrogens with one attached hydrogen (secondary N) is 1. The minimum absolute atomic E-state index is 0.178. The molecule has 0 saturated carbocycles. The normalized spacial score (nSPS) is 22.2. The van der Waals surface area contributed by atoms with E-state index in [1.54, 1.807) is 0 Å². The number of fused-ring (bicyclic) bond motifs is 1. The third-order valence-electron chi connectivity index (χ3n) is 5.91. The Morgan fingerprint density at radius 1 is 0.704 bits per heavy atom. The van der Waals surface area contributed by atoms with E-state index in [1.165, 1.54) is 34.7 Å². The second kappa shape index (κ2) is 6.80. The van der Waals surface area contributed by atoms with Gasteiger partial charge in [0.1, 0.15) is 0 Å². The summed E-state index contributed by atoms with van der Waals surface area (Å²) in [6, 6.07) is 14.0. The Morgan fingerprint density at radius 3 is 1.81 bits per heavy atom. The van der Waals surface area contributed by atoms with Crippen LogP contribution in [0.25, 0.3) is 10.8 Å². The van der Waals surface area contributed by atoms with Gasteiger partial charge in [0, 0.05) is 17.0 Å². The maximum atomic E-state index is 3.80. The SMILES string of the molecule is CC1(C)CC(c2ccc3cc(C4C=CC=CC=C4)ccc3c2)CC(C)(C)N1. The minimum atomic E-state index is 0.178. The van der Waals surface area contributed by atoms with E-state index in [0.717, 1.165) is 0 Å². The zero-order valence-electron chi connectivity index (χ0n) is 17.0. The number of hydrogen-bond donors (Lipinski definition) is 1. The van der Waals surface area contributed by atoms with Crippen molar-refractivity contribution in [2.75, 3.05) is 0 Å². The molecule has 27 heavy (non-hydrogen) atoms. The first-order valence-electron chi connectivity index (χ1n) is 10.2. The molecule has 1 nitrogen and oxygen atoms in total. The third-order valence-corrected chi connectivity index (χ3v) is 5.91. The molecule has 1 fully saturated rings. The molecule has 0 unspecified atom stereocenters. The largest absolute Gasteiger partial charge is 0.307 e. The molecule has 0 amide bonds. The van der Waals surface area contributed by atoms with Crippen molar-refractivity contribution in [2.24, 2.45) is 0 Å². The van der Waals surface area contributed by atoms with E-state index in [-0.39, 0.29) is 11.1 Å². The summed E-state index contributed by atoms with van der Waals surface area (Å²) in [6.07, 6.45) is 15.3. The number of piperidine rings is 1. The van der Waals surface area contributed by atoms with Crippen LogP contribution in [0, 0.1) is 0 Å². The lowest BCUT2D eigenvalue weighted by Gasteiger charge is -2.46. The van der Waals surface area contributed by atoms with Crippen molar-refractivity contribution in [1.29, 1.82) is 0 Å². The van der Waals surface area contributed by atoms with E-state index in [2.05, 4.69) is 106 Å². The summed E-state index contributed by atoms with van der Waals surface area (Å²) >= 11 is 0. The van der Waals surface area contributed by atoms with E-state index < -0.39 is 0 Å². The first kappa shape index (κ1) is 18.3. The second-order valence-corrected chi connectivity index (χ2v) is 9.54. The molecule has 4 rings (SSSR count). The first-order valence-corrected chi connectivity index (χ1v) is 10.2. The van der Waals surface area contributed by atoms with Crippen LogP contribution < -0.4 is 5.32 Å². The Morgan fingerprint density at radius 2 is 1.22 bits per heavy atom. The highest BCUT2D eigenvalue weighted by Crippen LogP contribution is 2.40. The summed E-state index contributed by atoms with van der Waals surface area (Å²) < 4.78 is 0. The molecule has 1 saturated heterocycles. The van der Waals surface area contributed by atoms with E-state index in [1.807, 2.05) is 0 Å². The van der Waals surface area contributed by atoms with Gasteiger partial charge in [0.25, 0.3) is 0 Å². The monoisotopic (exact) mass is 357 g/mol. The topological polar surface area (TPSA) is 12.0 Å². The van der Waals surface area contributed by atoms with E-state index >= 15 is 0 Å². The summed E-state index contributed by atoms with van der Waals surface area (Å²) in [5, 5.41) is 6.49. The lowest BCUT2D eigenvalue weighted by atomic mass is 9.73. The predicted molar refractivity (Wildman–Crippen MR) is 117 cm³/mol. The van der Waals surface area contributed by atoms with Crippen LogP contribution in [0.2, 0.25) is 0 Å². The van der Waals surface area contributed by atoms with Gasteiger partial charge in [-0.25, -0.2) is 0 Å². The van der Waals surface area contributed by atoms with Crippen LogP contribution in [0.1, 0.15) is 63.5 Å². The Labute approximate surface area is 163 Å². The zero-order valence-corrected chi connectivity index (χ0v) is 17.0. The average molecular weight is 358 g/mol. The van der Waals surface area contributed by atoms with Crippen molar-refractivity contribution in [3.63, 3.8) is 0 Å². The van der Waals surface area contributed by atoms with Crippen molar-refractivity contribution in [3.05, 3.63) is 84.0 Å². The van der Waals surface area contributed by atoms with Crippen LogP contribution in [0.5, 0.6) is 0 Å². The Bertz CT molecular complexity index is 894. The fourth-order valence-electron chi connectivity index (χ4n) is 5.08. The fraction of sp³-hybridized carbons (Fsp3) is 0.385. The van der Waals surface area contributed by atoms with Crippen LogP contribution >= 0.6 is 0 Å². The summed E-state index contributed by atoms with van der Waals surface area (Å²) in [7, 11) is 0. The number of rotatable bonds is 2. The highest BCUT2D eigenvalue weighted by Gasteiger charge is 2.38. The lowest BCUT2D eigenvalue weighted by Crippen LogP contribution is -2.57. The van der Waals surface area contributed by atoms with Gasteiger partial charge >= 0.3 is 0 Å². The van der Waals surface area contributed by atoms with Gasteiger partial charge in [-0.3, -0.25) is 0 Å². The molecular weight excluding hydrogens is 326 g/mol. The van der Waals surface area contributed by atoms with E-state index in [9.17, 15) is 0 Å². The number of benzene rings is 2. The molecule has 1 aliphatic carbocycles. The van der Waals surface area contributed by atoms with Gasteiger partial charge in [0.15, 0.2) is 0 Å². The van der Waals surface area contributed by atoms with Crippen molar-refractivity contribution in [1.82, 2.24) is 5.32 Å². The Kier molecular flexibility index (Phi) is 4.60. The van der Waals surface area contributed by atoms with Crippen molar-refractivity contribution >= 4 is 10.8 Å². The molecule has 0 bridgehead atoms. The van der Waals surface area contributed by atoms with Gasteiger partial charge in [-0.05, 0) is 68.4 Å². The van der Waals surface area contributed by atoms with Crippen LogP contribution in [-0.4, -0.2) is 11.1 Å². The van der Waals surface area contributed by atoms with Gasteiger partial charge in [-0.1, -0.05) is 72.9 Å². The first-order chi connectivity index (χ1) is 12.8. The molecule has 0 radical (unpaired) electrons. The molecule has 1 heteroatoms. The minimum Gasteiger partial charge on any atom is -0.307 e. The molecule has 1 aliphatic heterocycles. The summed E-state index contributed by atoms with van der Waals surface area (Å²) in [5.41, 5.74) is 3.20. The zero-order chi connectivity index (χ0) is 19.1. The number of allylic oxidation sites excluding steroid dienone is 6. The smallest absolute Gasteiger partial charge is 0.0205 e. The van der Waals surface area contributed by atoms with Crippen molar-refractivity contribution < 1.29 is 0 Å². The molecule has 0 atom stereocenters. The maximum absolute atomic E-state index is 3.80. The molecule has 1 N–H and O–H groups in total. The molecular formula is C26H31N. The molecule has 0 aromatic heterocycles. The lowest BCUT2D eigenvalue weighted by molar-refractivity contribution is 0.162. The molecule has 2 aliphatic rings. The van der Waals surface area contributed by atoms with E-state index in [0.29, 0.717) is 11.8 Å². The predicted octanol–water partition coefficient (Wildman–Crippen LogP) is 6.63.